The maximum absolute atomic E-state index is 13.6. The molecule has 0 saturated carbocycles. The molecule has 0 unspecified atom stereocenters. The smallest absolute Gasteiger partial charge is 0.455 e. The summed E-state index contributed by atoms with van der Waals surface area (Å²) in [7, 11) is -1.04. The van der Waals surface area contributed by atoms with Crippen LogP contribution in [0.25, 0.3) is 11.6 Å². The van der Waals surface area contributed by atoms with Crippen LogP contribution in [-0.4, -0.2) is 57.7 Å². The number of amides is 2. The van der Waals surface area contributed by atoms with Gasteiger partial charge in [-0.15, -0.1) is 0 Å². The van der Waals surface area contributed by atoms with E-state index < -0.39 is 31.0 Å². The molecule has 2 heterocycles. The van der Waals surface area contributed by atoms with E-state index in [0.29, 0.717) is 50.6 Å². The third kappa shape index (κ3) is 6.37. The monoisotopic (exact) mass is 571 g/mol. The number of carboxylic acid groups (broad SMARTS) is 1. The Kier molecular flexibility index (Phi) is 9.29. The number of benzene rings is 2. The minimum absolute atomic E-state index is 0.0780. The molecule has 0 radical (unpaired) electrons. The fourth-order valence-electron chi connectivity index (χ4n) is 6.96. The van der Waals surface area contributed by atoms with Gasteiger partial charge >= 0.3 is 13.1 Å². The Balaban J connectivity index is 1.34. The van der Waals surface area contributed by atoms with E-state index in [4.69, 9.17) is 9.76 Å². The maximum Gasteiger partial charge on any atom is 0.455 e. The number of rotatable bonds is 11. The molecule has 8 nitrogen and oxygen atoms in total. The van der Waals surface area contributed by atoms with Gasteiger partial charge in [0.05, 0.1) is 17.9 Å². The second-order valence-electron chi connectivity index (χ2n) is 11.7. The number of carbonyl (C=O) groups excluding carboxylic acids is 2. The average Bonchev–Trinajstić information content (AvgIpc) is 3.20. The number of hydrogen-bond acceptors (Lipinski definition) is 6. The minimum atomic E-state index is -1.04. The molecule has 9 heteroatoms. The lowest BCUT2D eigenvalue weighted by molar-refractivity contribution is -0.141. The number of unbranched alkanes of at least 4 members (excludes halogenated alkanes) is 2. The van der Waals surface area contributed by atoms with Crippen molar-refractivity contribution in [3.05, 3.63) is 76.9 Å². The lowest BCUT2D eigenvalue weighted by Crippen LogP contribution is -2.46. The Bertz CT molecular complexity index is 1390. The van der Waals surface area contributed by atoms with E-state index in [2.05, 4.69) is 0 Å². The standard InChI is InChI=1S/C33H38BNO7/c1-21-18-25-31(33(40)35(32(25)39)17-9-3-6-14-29(37)38)26-20-34(41)42-28(30(21)26)16-15-23(22-10-4-2-5-11-22)19-24-12-7-8-13-27(24)36/h2,4-5,7-8,10-13,19,25-26,28,31,36,41H,3,6,9,14-18,20H2,1H3,(H,37,38)/b23-19-/t25-,26+,28-,31-/m1/s1. The lowest BCUT2D eigenvalue weighted by atomic mass is 9.58. The quantitative estimate of drug-likeness (QED) is 0.112. The Morgan fingerprint density at radius 3 is 2.48 bits per heavy atom. The summed E-state index contributed by atoms with van der Waals surface area (Å²) in [5.74, 6) is -2.21. The predicted octanol–water partition coefficient (Wildman–Crippen LogP) is 5.17. The molecule has 42 heavy (non-hydrogen) atoms. The molecule has 2 amide bonds. The first kappa shape index (κ1) is 29.8. The number of para-hydroxylation sites is 1. The highest BCUT2D eigenvalue weighted by Gasteiger charge is 2.56. The van der Waals surface area contributed by atoms with E-state index in [-0.39, 0.29) is 36.2 Å². The SMILES string of the molecule is CC1=C2[C@@H](CC/C(=C/c3ccccc3O)c3ccccc3)OB(O)C[C@@H]2[C@@H]2C(=O)N(CCCCCC(=O)O)C(=O)[C@@H]2C1. The number of aromatic hydroxyl groups is 1. The predicted molar refractivity (Wildman–Crippen MR) is 160 cm³/mol. The van der Waals surface area contributed by atoms with Crippen LogP contribution in [-0.2, 0) is 19.0 Å². The van der Waals surface area contributed by atoms with Crippen molar-refractivity contribution in [3.63, 3.8) is 0 Å². The number of fused-ring (bicyclic) bond motifs is 3. The highest BCUT2D eigenvalue weighted by molar-refractivity contribution is 6.43. The number of carbonyl (C=O) groups is 3. The van der Waals surface area contributed by atoms with Gasteiger partial charge in [-0.2, -0.15) is 0 Å². The van der Waals surface area contributed by atoms with Crippen molar-refractivity contribution < 1.29 is 34.3 Å². The highest BCUT2D eigenvalue weighted by atomic mass is 16.5. The molecule has 3 aliphatic rings. The fraction of sp³-hybridized carbons (Fsp3) is 0.424. The van der Waals surface area contributed by atoms with Crippen molar-refractivity contribution >= 4 is 36.6 Å². The largest absolute Gasteiger partial charge is 0.507 e. The van der Waals surface area contributed by atoms with Gasteiger partial charge in [-0.3, -0.25) is 19.3 Å². The van der Waals surface area contributed by atoms with E-state index in [0.717, 1.165) is 22.3 Å². The number of aliphatic carboxylic acids is 1. The van der Waals surface area contributed by atoms with Crippen LogP contribution in [0, 0.1) is 17.8 Å². The second kappa shape index (κ2) is 13.1. The molecule has 0 bridgehead atoms. The van der Waals surface area contributed by atoms with Gasteiger partial charge in [-0.1, -0.05) is 60.5 Å². The van der Waals surface area contributed by atoms with Gasteiger partial charge in [-0.25, -0.2) is 0 Å². The van der Waals surface area contributed by atoms with Gasteiger partial charge < -0.3 is 19.9 Å². The molecule has 2 aromatic rings. The first-order valence-electron chi connectivity index (χ1n) is 14.9. The van der Waals surface area contributed by atoms with E-state index in [9.17, 15) is 24.5 Å². The Morgan fingerprint density at radius 2 is 1.74 bits per heavy atom. The van der Waals surface area contributed by atoms with Gasteiger partial charge in [-0.05, 0) is 80.1 Å². The number of allylic oxidation sites excluding steroid dienone is 2. The maximum atomic E-state index is 13.6. The summed E-state index contributed by atoms with van der Waals surface area (Å²) in [6.07, 6.45) is 5.34. The van der Waals surface area contributed by atoms with Gasteiger partial charge in [0, 0.05) is 18.5 Å². The Labute approximate surface area is 246 Å². The second-order valence-corrected chi connectivity index (χ2v) is 11.7. The van der Waals surface area contributed by atoms with Crippen LogP contribution in [0.5, 0.6) is 5.75 Å². The van der Waals surface area contributed by atoms with Gasteiger partial charge in [0.1, 0.15) is 5.75 Å². The Hall–Kier alpha value is -3.69. The summed E-state index contributed by atoms with van der Waals surface area (Å²) in [5.41, 5.74) is 4.84. The van der Waals surface area contributed by atoms with Crippen LogP contribution in [0.4, 0.5) is 0 Å². The van der Waals surface area contributed by atoms with Gasteiger partial charge in [0.2, 0.25) is 11.8 Å². The molecule has 4 atom stereocenters. The zero-order chi connectivity index (χ0) is 29.8. The number of carboxylic acids is 1. The van der Waals surface area contributed by atoms with Crippen LogP contribution in [0.15, 0.2) is 65.7 Å². The molecule has 0 spiro atoms. The molecule has 2 fully saturated rings. The number of likely N-dealkylation sites (tertiary alicyclic amines) is 1. The number of imide groups is 1. The number of phenolic OH excluding ortho intramolecular Hbond substituents is 1. The third-order valence-corrected chi connectivity index (χ3v) is 8.90. The van der Waals surface area contributed by atoms with Gasteiger partial charge in [0.15, 0.2) is 0 Å². The molecule has 0 aromatic heterocycles. The molecule has 2 aromatic carbocycles. The summed E-state index contributed by atoms with van der Waals surface area (Å²) >= 11 is 0. The van der Waals surface area contributed by atoms with Crippen LogP contribution >= 0.6 is 0 Å². The van der Waals surface area contributed by atoms with Crippen molar-refractivity contribution in [3.8, 4) is 5.75 Å². The zero-order valence-corrected chi connectivity index (χ0v) is 23.9. The third-order valence-electron chi connectivity index (χ3n) is 8.90. The first-order chi connectivity index (χ1) is 20.2. The van der Waals surface area contributed by atoms with Crippen molar-refractivity contribution in [2.75, 3.05) is 6.54 Å². The van der Waals surface area contributed by atoms with Crippen molar-refractivity contribution in [1.29, 1.82) is 0 Å². The van der Waals surface area contributed by atoms with Crippen molar-refractivity contribution in [2.24, 2.45) is 17.8 Å². The van der Waals surface area contributed by atoms with E-state index in [1.807, 2.05) is 55.5 Å². The van der Waals surface area contributed by atoms with Crippen molar-refractivity contribution in [2.45, 2.75) is 64.3 Å². The lowest BCUT2D eigenvalue weighted by Gasteiger charge is -2.42. The molecule has 5 rings (SSSR count). The summed E-state index contributed by atoms with van der Waals surface area (Å²) in [4.78, 5) is 39.1. The van der Waals surface area contributed by atoms with Crippen LogP contribution in [0.3, 0.4) is 0 Å². The van der Waals surface area contributed by atoms with E-state index in [1.165, 1.54) is 4.90 Å². The minimum Gasteiger partial charge on any atom is -0.507 e. The molecule has 220 valence electrons. The number of nitrogens with zero attached hydrogens (tertiary/aromatic N) is 1. The molecule has 1 aliphatic carbocycles. The number of hydrogen-bond donors (Lipinski definition) is 3. The Morgan fingerprint density at radius 1 is 1.00 bits per heavy atom. The van der Waals surface area contributed by atoms with E-state index in [1.54, 1.807) is 12.1 Å². The first-order valence-corrected chi connectivity index (χ1v) is 14.9. The fourth-order valence-corrected chi connectivity index (χ4v) is 6.96. The van der Waals surface area contributed by atoms with Gasteiger partial charge in [0.25, 0.3) is 0 Å². The number of phenols is 1. The molecule has 2 saturated heterocycles. The molecular formula is C33H38BNO7. The molecule has 2 aliphatic heterocycles. The summed E-state index contributed by atoms with van der Waals surface area (Å²) in [5, 5.41) is 30.1. The van der Waals surface area contributed by atoms with Crippen LogP contribution in [0.2, 0.25) is 6.32 Å². The van der Waals surface area contributed by atoms with Crippen LogP contribution in [0.1, 0.15) is 63.0 Å². The topological polar surface area (TPSA) is 124 Å². The molecular weight excluding hydrogens is 533 g/mol. The average molecular weight is 571 g/mol. The zero-order valence-electron chi connectivity index (χ0n) is 23.9. The molecule has 3 N–H and O–H groups in total. The van der Waals surface area contributed by atoms with Crippen LogP contribution < -0.4 is 0 Å². The summed E-state index contributed by atoms with van der Waals surface area (Å²) < 4.78 is 6.10. The summed E-state index contributed by atoms with van der Waals surface area (Å²) in [6, 6.07) is 17.1. The summed E-state index contributed by atoms with van der Waals surface area (Å²) in [6.45, 7) is 2.31. The van der Waals surface area contributed by atoms with E-state index >= 15 is 0 Å². The van der Waals surface area contributed by atoms with Crippen molar-refractivity contribution in [1.82, 2.24) is 4.90 Å². The highest BCUT2D eigenvalue weighted by Crippen LogP contribution is 2.50. The normalized spacial score (nSPS) is 24.2.